The predicted octanol–water partition coefficient (Wildman–Crippen LogP) is 3.98. The van der Waals surface area contributed by atoms with Crippen LogP contribution in [-0.4, -0.2) is 10.9 Å². The van der Waals surface area contributed by atoms with Gasteiger partial charge in [-0.15, -0.1) is 0 Å². The molecule has 1 aromatic carbocycles. The maximum atomic E-state index is 13.6. The predicted molar refractivity (Wildman–Crippen MR) is 76.1 cm³/mol. The van der Waals surface area contributed by atoms with Gasteiger partial charge in [-0.25, -0.2) is 4.39 Å². The van der Waals surface area contributed by atoms with Crippen LogP contribution in [0.15, 0.2) is 51.7 Å². The van der Waals surface area contributed by atoms with Crippen LogP contribution in [0.1, 0.15) is 10.6 Å². The van der Waals surface area contributed by atoms with Crippen LogP contribution in [-0.2, 0) is 0 Å². The number of carbonyl (C=O) groups excluding carboxylic acids is 1. The van der Waals surface area contributed by atoms with E-state index in [0.717, 1.165) is 0 Å². The number of pyridine rings is 1. The fraction of sp³-hybridized carbons (Fsp3) is 0. The summed E-state index contributed by atoms with van der Waals surface area (Å²) in [6.07, 6.45) is 1.44. The molecule has 4 nitrogen and oxygen atoms in total. The number of para-hydroxylation sites is 1. The molecule has 0 aliphatic carbocycles. The minimum atomic E-state index is -0.431. The van der Waals surface area contributed by atoms with Crippen LogP contribution in [0.5, 0.6) is 0 Å². The normalized spacial score (nSPS) is 10.7. The molecule has 0 atom stereocenters. The van der Waals surface area contributed by atoms with Gasteiger partial charge < -0.3 is 9.73 Å². The number of fused-ring (bicyclic) bond motifs is 1. The largest absolute Gasteiger partial charge is 0.444 e. The number of benzene rings is 1. The summed E-state index contributed by atoms with van der Waals surface area (Å²) in [5, 5.41) is 3.22. The Labute approximate surface area is 121 Å². The molecule has 0 spiro atoms. The number of nitrogens with zero attached hydrogens (tertiary/aromatic N) is 1. The average Bonchev–Trinajstić information content (AvgIpc) is 2.87. The Bertz CT molecular complexity index is 801. The summed E-state index contributed by atoms with van der Waals surface area (Å²) in [4.78, 5) is 16.0. The average molecular weight is 335 g/mol. The number of nitrogens with one attached hydrogen (secondary N) is 1. The van der Waals surface area contributed by atoms with E-state index in [0.29, 0.717) is 15.7 Å². The van der Waals surface area contributed by atoms with Crippen molar-refractivity contribution in [2.24, 2.45) is 0 Å². The minimum Gasteiger partial charge on any atom is -0.444 e. The fourth-order valence-corrected chi connectivity index (χ4v) is 2.18. The first-order valence-electron chi connectivity index (χ1n) is 5.75. The Balaban J connectivity index is 1.99. The summed E-state index contributed by atoms with van der Waals surface area (Å²) in [6, 6.07) is 9.36. The lowest BCUT2D eigenvalue weighted by Gasteiger charge is -2.07. The number of rotatable bonds is 2. The van der Waals surface area contributed by atoms with Crippen LogP contribution in [0.2, 0.25) is 0 Å². The minimum absolute atomic E-state index is 0.165. The van der Waals surface area contributed by atoms with Crippen molar-refractivity contribution < 1.29 is 13.6 Å². The Hall–Kier alpha value is -2.21. The molecule has 2 aromatic heterocycles. The van der Waals surface area contributed by atoms with E-state index in [1.165, 1.54) is 12.3 Å². The molecular weight excluding hydrogens is 327 g/mol. The van der Waals surface area contributed by atoms with Crippen molar-refractivity contribution in [1.82, 2.24) is 4.98 Å². The molecule has 0 fully saturated rings. The maximum Gasteiger partial charge on any atom is 0.291 e. The van der Waals surface area contributed by atoms with Gasteiger partial charge in [-0.1, -0.05) is 12.1 Å². The Kier molecular flexibility index (Phi) is 3.23. The standard InChI is InChI=1S/C14H8BrFN2O2/c15-12-5-4-11(20-12)14(19)18-10-6-7-17-13-8(10)2-1-3-9(13)16/h1-7H,(H,17,18,19). The van der Waals surface area contributed by atoms with E-state index in [1.807, 2.05) is 0 Å². The van der Waals surface area contributed by atoms with Crippen molar-refractivity contribution in [2.45, 2.75) is 0 Å². The van der Waals surface area contributed by atoms with Crippen LogP contribution in [0.25, 0.3) is 10.9 Å². The van der Waals surface area contributed by atoms with Gasteiger partial charge in [0.25, 0.3) is 5.91 Å². The van der Waals surface area contributed by atoms with Crippen molar-refractivity contribution in [3.05, 3.63) is 58.8 Å². The SMILES string of the molecule is O=C(Nc1ccnc2c(F)cccc12)c1ccc(Br)o1. The Morgan fingerprint density at radius 3 is 2.85 bits per heavy atom. The molecule has 0 saturated heterocycles. The van der Waals surface area contributed by atoms with Gasteiger partial charge in [0, 0.05) is 11.6 Å². The molecule has 0 radical (unpaired) electrons. The van der Waals surface area contributed by atoms with Gasteiger partial charge in [0.15, 0.2) is 10.4 Å². The highest BCUT2D eigenvalue weighted by atomic mass is 79.9. The zero-order chi connectivity index (χ0) is 14.1. The van der Waals surface area contributed by atoms with Crippen molar-refractivity contribution in [1.29, 1.82) is 0 Å². The lowest BCUT2D eigenvalue weighted by atomic mass is 10.2. The third kappa shape index (κ3) is 2.30. The van der Waals surface area contributed by atoms with Crippen molar-refractivity contribution >= 4 is 38.4 Å². The highest BCUT2D eigenvalue weighted by Gasteiger charge is 2.13. The zero-order valence-corrected chi connectivity index (χ0v) is 11.6. The van der Waals surface area contributed by atoms with Crippen molar-refractivity contribution in [2.75, 3.05) is 5.32 Å². The Morgan fingerprint density at radius 1 is 1.25 bits per heavy atom. The van der Waals surface area contributed by atoms with Crippen molar-refractivity contribution in [3.8, 4) is 0 Å². The van der Waals surface area contributed by atoms with Gasteiger partial charge in [0.2, 0.25) is 0 Å². The summed E-state index contributed by atoms with van der Waals surface area (Å²) >= 11 is 3.13. The molecule has 3 aromatic rings. The zero-order valence-electron chi connectivity index (χ0n) is 10.1. The maximum absolute atomic E-state index is 13.6. The van der Waals surface area contributed by atoms with Crippen molar-refractivity contribution in [3.63, 3.8) is 0 Å². The van der Waals surface area contributed by atoms with E-state index in [4.69, 9.17) is 4.42 Å². The van der Waals surface area contributed by atoms with E-state index in [2.05, 4.69) is 26.2 Å². The van der Waals surface area contributed by atoms with Crippen LogP contribution in [0.4, 0.5) is 10.1 Å². The summed E-state index contributed by atoms with van der Waals surface area (Å²) in [7, 11) is 0. The molecule has 3 rings (SSSR count). The molecule has 0 aliphatic heterocycles. The number of furan rings is 1. The lowest BCUT2D eigenvalue weighted by molar-refractivity contribution is 0.0995. The highest BCUT2D eigenvalue weighted by Crippen LogP contribution is 2.24. The molecule has 0 bridgehead atoms. The monoisotopic (exact) mass is 334 g/mol. The Morgan fingerprint density at radius 2 is 2.10 bits per heavy atom. The van der Waals surface area contributed by atoms with E-state index in [-0.39, 0.29) is 11.3 Å². The van der Waals surface area contributed by atoms with Crippen LogP contribution in [0.3, 0.4) is 0 Å². The third-order valence-electron chi connectivity index (χ3n) is 2.77. The quantitative estimate of drug-likeness (QED) is 0.771. The molecule has 20 heavy (non-hydrogen) atoms. The first kappa shape index (κ1) is 12.8. The molecule has 2 heterocycles. The van der Waals surface area contributed by atoms with Gasteiger partial charge in [-0.3, -0.25) is 9.78 Å². The topological polar surface area (TPSA) is 55.1 Å². The summed E-state index contributed by atoms with van der Waals surface area (Å²) in [5.41, 5.74) is 0.693. The number of aromatic nitrogens is 1. The van der Waals surface area contributed by atoms with Crippen LogP contribution in [0, 0.1) is 5.82 Å². The number of anilines is 1. The van der Waals surface area contributed by atoms with Crippen LogP contribution >= 0.6 is 15.9 Å². The first-order chi connectivity index (χ1) is 9.65. The number of halogens is 2. The lowest BCUT2D eigenvalue weighted by Crippen LogP contribution is -2.11. The van der Waals surface area contributed by atoms with Gasteiger partial charge in [0.05, 0.1) is 5.69 Å². The molecule has 100 valence electrons. The molecule has 1 amide bonds. The molecule has 6 heteroatoms. The highest BCUT2D eigenvalue weighted by molar-refractivity contribution is 9.10. The van der Waals surface area contributed by atoms with Gasteiger partial charge in [-0.2, -0.15) is 0 Å². The first-order valence-corrected chi connectivity index (χ1v) is 6.54. The molecule has 0 saturated carbocycles. The van der Waals surface area contributed by atoms with E-state index in [1.54, 1.807) is 30.3 Å². The molecule has 1 N–H and O–H groups in total. The molecule has 0 unspecified atom stereocenters. The second kappa shape index (κ2) is 5.05. The van der Waals surface area contributed by atoms with E-state index in [9.17, 15) is 9.18 Å². The second-order valence-corrected chi connectivity index (χ2v) is 4.83. The van der Waals surface area contributed by atoms with Gasteiger partial charge >= 0.3 is 0 Å². The van der Waals surface area contributed by atoms with Gasteiger partial charge in [-0.05, 0) is 40.2 Å². The van der Waals surface area contributed by atoms with E-state index >= 15 is 0 Å². The summed E-state index contributed by atoms with van der Waals surface area (Å²) in [6.45, 7) is 0. The van der Waals surface area contributed by atoms with Crippen LogP contribution < -0.4 is 5.32 Å². The van der Waals surface area contributed by atoms with E-state index < -0.39 is 11.7 Å². The smallest absolute Gasteiger partial charge is 0.291 e. The summed E-state index contributed by atoms with van der Waals surface area (Å²) in [5.74, 6) is -0.676. The second-order valence-electron chi connectivity index (χ2n) is 4.05. The number of carbonyl (C=O) groups is 1. The fourth-order valence-electron chi connectivity index (χ4n) is 1.87. The number of hydrogen-bond donors (Lipinski definition) is 1. The van der Waals surface area contributed by atoms with Gasteiger partial charge in [0.1, 0.15) is 11.3 Å². The third-order valence-corrected chi connectivity index (χ3v) is 3.19. The number of amides is 1. The molecule has 0 aliphatic rings. The number of hydrogen-bond acceptors (Lipinski definition) is 3. The summed E-state index contributed by atoms with van der Waals surface area (Å²) < 4.78 is 19.3. The molecular formula is C14H8BrFN2O2.